The highest BCUT2D eigenvalue weighted by Gasteiger charge is 2.36. The number of carboxylic acids is 1. The second-order valence-corrected chi connectivity index (χ2v) is 6.25. The van der Waals surface area contributed by atoms with Crippen LogP contribution in [0.15, 0.2) is 6.07 Å². The smallest absolute Gasteiger partial charge is 0.329 e. The monoisotopic (exact) mass is 295 g/mol. The fourth-order valence-corrected chi connectivity index (χ4v) is 2.51. The van der Waals surface area contributed by atoms with Crippen molar-refractivity contribution >= 4 is 46.4 Å². The van der Waals surface area contributed by atoms with Crippen molar-refractivity contribution < 1.29 is 14.7 Å². The van der Waals surface area contributed by atoms with E-state index in [4.69, 9.17) is 28.3 Å². The number of carboxylic acid groups (broad SMARTS) is 1. The summed E-state index contributed by atoms with van der Waals surface area (Å²) in [5.74, 6) is -1.56. The van der Waals surface area contributed by atoms with Crippen molar-refractivity contribution in [2.45, 2.75) is 19.4 Å². The van der Waals surface area contributed by atoms with Crippen LogP contribution in [0.4, 0.5) is 0 Å². The Hall–Kier alpha value is -0.780. The molecule has 0 fully saturated rings. The van der Waals surface area contributed by atoms with Crippen molar-refractivity contribution in [3.63, 3.8) is 0 Å². The van der Waals surface area contributed by atoms with Crippen LogP contribution in [0, 0.1) is 0 Å². The molecule has 0 aliphatic rings. The Bertz CT molecular complexity index is 470. The predicted octanol–water partition coefficient (Wildman–Crippen LogP) is 2.99. The molecule has 0 saturated carbocycles. The molecule has 0 aromatic carbocycles. The third-order valence-electron chi connectivity index (χ3n) is 2.55. The van der Waals surface area contributed by atoms with Gasteiger partial charge < -0.3 is 10.0 Å². The van der Waals surface area contributed by atoms with E-state index in [0.29, 0.717) is 4.34 Å². The summed E-state index contributed by atoms with van der Waals surface area (Å²) in [6.45, 7) is 2.88. The number of thiophene rings is 1. The first-order chi connectivity index (χ1) is 7.67. The van der Waals surface area contributed by atoms with Gasteiger partial charge in [-0.1, -0.05) is 23.2 Å². The minimum atomic E-state index is -1.31. The summed E-state index contributed by atoms with van der Waals surface area (Å²) in [4.78, 5) is 24.2. The molecule has 1 amide bonds. The van der Waals surface area contributed by atoms with E-state index < -0.39 is 17.4 Å². The second kappa shape index (κ2) is 4.84. The molecule has 1 rings (SSSR count). The Labute approximate surface area is 113 Å². The molecule has 0 aliphatic heterocycles. The average molecular weight is 296 g/mol. The third kappa shape index (κ3) is 2.73. The maximum Gasteiger partial charge on any atom is 0.329 e. The van der Waals surface area contributed by atoms with Crippen molar-refractivity contribution in [1.29, 1.82) is 0 Å². The van der Waals surface area contributed by atoms with Crippen LogP contribution >= 0.6 is 34.5 Å². The molecule has 1 N–H and O–H groups in total. The fourth-order valence-electron chi connectivity index (χ4n) is 1.06. The van der Waals surface area contributed by atoms with Crippen molar-refractivity contribution in [3.05, 3.63) is 20.3 Å². The summed E-state index contributed by atoms with van der Waals surface area (Å²) in [5.41, 5.74) is -1.09. The molecule has 0 spiro atoms. The highest BCUT2D eigenvalue weighted by molar-refractivity contribution is 7.20. The van der Waals surface area contributed by atoms with Crippen LogP contribution in [-0.2, 0) is 4.79 Å². The van der Waals surface area contributed by atoms with E-state index in [0.717, 1.165) is 16.2 Å². The van der Waals surface area contributed by atoms with E-state index in [-0.39, 0.29) is 9.90 Å². The maximum atomic E-state index is 12.1. The molecular formula is C10H11Cl2NO3S. The molecule has 0 saturated heterocycles. The molecule has 0 radical (unpaired) electrons. The molecule has 7 heteroatoms. The topological polar surface area (TPSA) is 57.6 Å². The fraction of sp³-hybridized carbons (Fsp3) is 0.400. The zero-order chi connectivity index (χ0) is 13.4. The Morgan fingerprint density at radius 2 is 1.94 bits per heavy atom. The molecule has 0 unspecified atom stereocenters. The quantitative estimate of drug-likeness (QED) is 0.933. The number of aliphatic carboxylic acids is 1. The summed E-state index contributed by atoms with van der Waals surface area (Å²) in [5, 5.41) is 9.03. The predicted molar refractivity (Wildman–Crippen MR) is 68.1 cm³/mol. The molecule has 0 atom stereocenters. The van der Waals surface area contributed by atoms with Crippen molar-refractivity contribution in [2.24, 2.45) is 0 Å². The van der Waals surface area contributed by atoms with E-state index in [1.54, 1.807) is 0 Å². The van der Waals surface area contributed by atoms with E-state index in [9.17, 15) is 9.59 Å². The number of hydrogen-bond acceptors (Lipinski definition) is 3. The van der Waals surface area contributed by atoms with Gasteiger partial charge in [0.25, 0.3) is 5.91 Å². The zero-order valence-electron chi connectivity index (χ0n) is 9.45. The van der Waals surface area contributed by atoms with Crippen LogP contribution in [0.1, 0.15) is 24.2 Å². The van der Waals surface area contributed by atoms with E-state index >= 15 is 0 Å². The maximum absolute atomic E-state index is 12.1. The number of halogens is 2. The molecular weight excluding hydrogens is 285 g/mol. The number of rotatable bonds is 3. The van der Waals surface area contributed by atoms with E-state index in [1.165, 1.54) is 27.0 Å². The zero-order valence-corrected chi connectivity index (χ0v) is 11.8. The summed E-state index contributed by atoms with van der Waals surface area (Å²) in [6.07, 6.45) is 0. The lowest BCUT2D eigenvalue weighted by Crippen LogP contribution is -2.50. The van der Waals surface area contributed by atoms with Gasteiger partial charge in [-0.3, -0.25) is 4.79 Å². The van der Waals surface area contributed by atoms with Gasteiger partial charge >= 0.3 is 5.97 Å². The third-order valence-corrected chi connectivity index (χ3v) is 4.04. The van der Waals surface area contributed by atoms with Gasteiger partial charge in [-0.25, -0.2) is 4.79 Å². The van der Waals surface area contributed by atoms with Gasteiger partial charge in [0.1, 0.15) is 9.88 Å². The SMILES string of the molecule is CN(C(=O)c1cc(Cl)sc1Cl)C(C)(C)C(=O)O. The van der Waals surface area contributed by atoms with Crippen LogP contribution < -0.4 is 0 Å². The van der Waals surface area contributed by atoms with Crippen molar-refractivity contribution in [2.75, 3.05) is 7.05 Å². The first-order valence-electron chi connectivity index (χ1n) is 4.64. The first-order valence-corrected chi connectivity index (χ1v) is 6.21. The van der Waals surface area contributed by atoms with Crippen LogP contribution in [0.25, 0.3) is 0 Å². The Morgan fingerprint density at radius 3 is 2.29 bits per heavy atom. The molecule has 0 bridgehead atoms. The summed E-state index contributed by atoms with van der Waals surface area (Å²) in [6, 6.07) is 1.44. The van der Waals surface area contributed by atoms with Gasteiger partial charge in [0.15, 0.2) is 0 Å². The Balaban J connectivity index is 3.06. The molecule has 1 heterocycles. The Kier molecular flexibility index (Phi) is 4.06. The summed E-state index contributed by atoms with van der Waals surface area (Å²) >= 11 is 12.7. The van der Waals surface area contributed by atoms with Crippen LogP contribution in [-0.4, -0.2) is 34.5 Å². The standard InChI is InChI=1S/C10H11Cl2NO3S/c1-10(2,9(15)16)13(3)8(14)5-4-6(11)17-7(5)12/h4H,1-3H3,(H,15,16). The van der Waals surface area contributed by atoms with Gasteiger partial charge in [-0.05, 0) is 19.9 Å². The molecule has 17 heavy (non-hydrogen) atoms. The van der Waals surface area contributed by atoms with Gasteiger partial charge in [0, 0.05) is 7.05 Å². The Morgan fingerprint density at radius 1 is 1.41 bits per heavy atom. The normalized spacial score (nSPS) is 11.4. The van der Waals surface area contributed by atoms with Crippen LogP contribution in [0.2, 0.25) is 8.67 Å². The lowest BCUT2D eigenvalue weighted by Gasteiger charge is -2.31. The van der Waals surface area contributed by atoms with Gasteiger partial charge in [-0.15, -0.1) is 11.3 Å². The molecule has 1 aromatic heterocycles. The lowest BCUT2D eigenvalue weighted by atomic mass is 10.0. The van der Waals surface area contributed by atoms with Gasteiger partial charge in [0.05, 0.1) is 9.90 Å². The lowest BCUT2D eigenvalue weighted by molar-refractivity contribution is -0.147. The van der Waals surface area contributed by atoms with Crippen LogP contribution in [0.5, 0.6) is 0 Å². The van der Waals surface area contributed by atoms with E-state index in [2.05, 4.69) is 0 Å². The second-order valence-electron chi connectivity index (χ2n) is 3.97. The highest BCUT2D eigenvalue weighted by atomic mass is 35.5. The minimum Gasteiger partial charge on any atom is -0.480 e. The number of likely N-dealkylation sites (N-methyl/N-ethyl adjacent to an activating group) is 1. The molecule has 1 aromatic rings. The largest absolute Gasteiger partial charge is 0.480 e. The number of nitrogens with zero attached hydrogens (tertiary/aromatic N) is 1. The molecule has 0 aliphatic carbocycles. The number of hydrogen-bond donors (Lipinski definition) is 1. The highest BCUT2D eigenvalue weighted by Crippen LogP contribution is 2.32. The minimum absolute atomic E-state index is 0.221. The number of carbonyl (C=O) groups excluding carboxylic acids is 1. The molecule has 94 valence electrons. The first kappa shape index (κ1) is 14.3. The van der Waals surface area contributed by atoms with Gasteiger partial charge in [0.2, 0.25) is 0 Å². The van der Waals surface area contributed by atoms with Gasteiger partial charge in [-0.2, -0.15) is 0 Å². The van der Waals surface area contributed by atoms with Crippen LogP contribution in [0.3, 0.4) is 0 Å². The number of amides is 1. The summed E-state index contributed by atoms with van der Waals surface area (Å²) < 4.78 is 0.646. The number of carbonyl (C=O) groups is 2. The van der Waals surface area contributed by atoms with Crippen molar-refractivity contribution in [1.82, 2.24) is 4.90 Å². The van der Waals surface area contributed by atoms with Crippen molar-refractivity contribution in [3.8, 4) is 0 Å². The van der Waals surface area contributed by atoms with E-state index in [1.807, 2.05) is 0 Å². The summed E-state index contributed by atoms with van der Waals surface area (Å²) in [7, 11) is 1.42. The molecule has 4 nitrogen and oxygen atoms in total. The average Bonchev–Trinajstić information content (AvgIpc) is 2.55.